The van der Waals surface area contributed by atoms with Crippen LogP contribution in [-0.2, 0) is 0 Å². The van der Waals surface area contributed by atoms with Crippen molar-refractivity contribution >= 4 is 7.85 Å². The molecule has 0 fully saturated rings. The second-order valence-corrected chi connectivity index (χ2v) is 1.45. The molecule has 0 saturated carbocycles. The van der Waals surface area contributed by atoms with Crippen molar-refractivity contribution < 1.29 is 0 Å². The molecular formula is C5H9B. The smallest absolute Gasteiger partial charge is 0.0660 e. The van der Waals surface area contributed by atoms with Crippen LogP contribution in [0, 0.1) is 5.92 Å². The molecule has 1 atom stereocenters. The van der Waals surface area contributed by atoms with Crippen molar-refractivity contribution in [3.05, 3.63) is 12.7 Å². The molecule has 0 rings (SSSR count). The van der Waals surface area contributed by atoms with Crippen molar-refractivity contribution in [2.24, 2.45) is 5.92 Å². The summed E-state index contributed by atoms with van der Waals surface area (Å²) < 4.78 is 0. The molecule has 1 heteroatoms. The molecule has 32 valence electrons. The van der Waals surface area contributed by atoms with Gasteiger partial charge in [-0.3, -0.25) is 0 Å². The van der Waals surface area contributed by atoms with Gasteiger partial charge in [-0.15, -0.1) is 6.58 Å². The normalized spacial score (nSPS) is 13.5. The fraction of sp³-hybridized carbons (Fsp3) is 0.600. The molecule has 0 aliphatic heterocycles. The Labute approximate surface area is 40.7 Å². The minimum Gasteiger partial charge on any atom is -0.103 e. The van der Waals surface area contributed by atoms with E-state index < -0.39 is 0 Å². The maximum absolute atomic E-state index is 5.21. The molecule has 0 aliphatic carbocycles. The van der Waals surface area contributed by atoms with Crippen LogP contribution >= 0.6 is 0 Å². The molecule has 1 unspecified atom stereocenters. The van der Waals surface area contributed by atoms with Gasteiger partial charge in [-0.1, -0.05) is 19.3 Å². The Morgan fingerprint density at radius 2 is 2.50 bits per heavy atom. The maximum atomic E-state index is 5.21. The van der Waals surface area contributed by atoms with Gasteiger partial charge in [0.2, 0.25) is 0 Å². The van der Waals surface area contributed by atoms with Crippen LogP contribution in [0.4, 0.5) is 0 Å². The highest BCUT2D eigenvalue weighted by atomic mass is 13.9. The number of hydrogen-bond acceptors (Lipinski definition) is 0. The Kier molecular flexibility index (Phi) is 2.92. The average Bonchev–Trinajstić information content (AvgIpc) is 1.65. The molecule has 0 saturated heterocycles. The number of hydrogen-bond donors (Lipinski definition) is 0. The summed E-state index contributed by atoms with van der Waals surface area (Å²) in [6.07, 6.45) is 2.56. The summed E-state index contributed by atoms with van der Waals surface area (Å²) in [7, 11) is 5.21. The Balaban J connectivity index is 2.96. The summed E-state index contributed by atoms with van der Waals surface area (Å²) in [5.41, 5.74) is 0. The van der Waals surface area contributed by atoms with E-state index in [-0.39, 0.29) is 0 Å². The second kappa shape index (κ2) is 3.01. The van der Waals surface area contributed by atoms with Crippen LogP contribution in [0.1, 0.15) is 6.92 Å². The van der Waals surface area contributed by atoms with Gasteiger partial charge in [0.15, 0.2) is 0 Å². The first-order chi connectivity index (χ1) is 2.81. The Bertz CT molecular complexity index is 41.2. The monoisotopic (exact) mass is 80.1 g/mol. The van der Waals surface area contributed by atoms with Crippen LogP contribution in [0.2, 0.25) is 6.32 Å². The van der Waals surface area contributed by atoms with E-state index in [0.717, 1.165) is 0 Å². The zero-order valence-corrected chi connectivity index (χ0v) is 4.15. The highest BCUT2D eigenvalue weighted by molar-refractivity contribution is 6.08. The predicted octanol–water partition coefficient (Wildman–Crippen LogP) is 1.40. The standard InChI is InChI=1S/C5H9B/c1-3-5(2)4-6/h3,5H,1,4H2,2H3. The first-order valence-electron chi connectivity index (χ1n) is 2.14. The molecule has 0 heterocycles. The molecule has 0 aromatic rings. The van der Waals surface area contributed by atoms with Gasteiger partial charge >= 0.3 is 0 Å². The van der Waals surface area contributed by atoms with Crippen molar-refractivity contribution in [1.29, 1.82) is 0 Å². The van der Waals surface area contributed by atoms with Gasteiger partial charge < -0.3 is 0 Å². The Morgan fingerprint density at radius 3 is 2.50 bits per heavy atom. The lowest BCUT2D eigenvalue weighted by atomic mass is 9.93. The molecular weight excluding hydrogens is 70.9 g/mol. The van der Waals surface area contributed by atoms with Gasteiger partial charge in [-0.05, 0) is 5.92 Å². The van der Waals surface area contributed by atoms with Gasteiger partial charge in [0, 0.05) is 0 Å². The van der Waals surface area contributed by atoms with Gasteiger partial charge in [0.25, 0.3) is 0 Å². The molecule has 0 amide bonds. The minimum absolute atomic E-state index is 0.477. The highest BCUT2D eigenvalue weighted by Crippen LogP contribution is 1.96. The lowest BCUT2D eigenvalue weighted by Gasteiger charge is -1.94. The van der Waals surface area contributed by atoms with E-state index in [4.69, 9.17) is 7.85 Å². The lowest BCUT2D eigenvalue weighted by Crippen LogP contribution is -1.83. The van der Waals surface area contributed by atoms with Gasteiger partial charge in [0.05, 0.1) is 7.85 Å². The van der Waals surface area contributed by atoms with Crippen LogP contribution in [0.15, 0.2) is 12.7 Å². The van der Waals surface area contributed by atoms with Gasteiger partial charge in [-0.25, -0.2) is 0 Å². The zero-order valence-electron chi connectivity index (χ0n) is 4.15. The largest absolute Gasteiger partial charge is 0.103 e. The first kappa shape index (κ1) is 5.80. The lowest BCUT2D eigenvalue weighted by molar-refractivity contribution is 0.832. The van der Waals surface area contributed by atoms with Crippen LogP contribution < -0.4 is 0 Å². The fourth-order valence-electron chi connectivity index (χ4n) is 0.0962. The fourth-order valence-corrected chi connectivity index (χ4v) is 0.0962. The second-order valence-electron chi connectivity index (χ2n) is 1.45. The van der Waals surface area contributed by atoms with Crippen molar-refractivity contribution in [2.75, 3.05) is 0 Å². The molecule has 0 aromatic carbocycles. The van der Waals surface area contributed by atoms with E-state index in [1.54, 1.807) is 0 Å². The summed E-state index contributed by atoms with van der Waals surface area (Å²) in [6.45, 7) is 5.59. The number of rotatable bonds is 2. The number of allylic oxidation sites excluding steroid dienone is 1. The Hall–Kier alpha value is -0.195. The van der Waals surface area contributed by atoms with Crippen LogP contribution in [0.5, 0.6) is 0 Å². The third kappa shape index (κ3) is 2.07. The van der Waals surface area contributed by atoms with E-state index in [1.807, 2.05) is 13.0 Å². The molecule has 6 heavy (non-hydrogen) atoms. The highest BCUT2D eigenvalue weighted by Gasteiger charge is 1.84. The van der Waals surface area contributed by atoms with Crippen molar-refractivity contribution in [2.45, 2.75) is 13.2 Å². The van der Waals surface area contributed by atoms with Gasteiger partial charge in [-0.2, -0.15) is 0 Å². The third-order valence-corrected chi connectivity index (χ3v) is 0.774. The molecule has 0 bridgehead atoms. The summed E-state index contributed by atoms with van der Waals surface area (Å²) in [4.78, 5) is 0. The summed E-state index contributed by atoms with van der Waals surface area (Å²) in [5.74, 6) is 0.477. The van der Waals surface area contributed by atoms with Crippen molar-refractivity contribution in [1.82, 2.24) is 0 Å². The Morgan fingerprint density at radius 1 is 2.00 bits per heavy atom. The van der Waals surface area contributed by atoms with Crippen LogP contribution in [0.3, 0.4) is 0 Å². The molecule has 0 N–H and O–H groups in total. The van der Waals surface area contributed by atoms with E-state index in [9.17, 15) is 0 Å². The molecule has 0 aromatic heterocycles. The van der Waals surface area contributed by atoms with Crippen LogP contribution in [-0.4, -0.2) is 7.85 Å². The molecule has 0 spiro atoms. The van der Waals surface area contributed by atoms with Crippen molar-refractivity contribution in [3.8, 4) is 0 Å². The topological polar surface area (TPSA) is 0 Å². The van der Waals surface area contributed by atoms with Crippen LogP contribution in [0.25, 0.3) is 0 Å². The van der Waals surface area contributed by atoms with E-state index in [1.165, 1.54) is 0 Å². The summed E-state index contributed by atoms with van der Waals surface area (Å²) in [5, 5.41) is 0. The summed E-state index contributed by atoms with van der Waals surface area (Å²) in [6, 6.07) is 0. The average molecular weight is 79.9 g/mol. The quantitative estimate of drug-likeness (QED) is 0.347. The zero-order chi connectivity index (χ0) is 4.99. The third-order valence-electron chi connectivity index (χ3n) is 0.774. The minimum atomic E-state index is 0.477. The van der Waals surface area contributed by atoms with Crippen molar-refractivity contribution in [3.63, 3.8) is 0 Å². The molecule has 2 radical (unpaired) electrons. The molecule has 0 aliphatic rings. The predicted molar refractivity (Wildman–Crippen MR) is 29.9 cm³/mol. The molecule has 0 nitrogen and oxygen atoms in total. The SMILES string of the molecule is [B]CC(C)C=C. The van der Waals surface area contributed by atoms with Gasteiger partial charge in [0.1, 0.15) is 0 Å². The van der Waals surface area contributed by atoms with E-state index in [0.29, 0.717) is 12.2 Å². The first-order valence-corrected chi connectivity index (χ1v) is 2.14. The summed E-state index contributed by atoms with van der Waals surface area (Å²) >= 11 is 0. The maximum Gasteiger partial charge on any atom is 0.0660 e. The van der Waals surface area contributed by atoms with E-state index in [2.05, 4.69) is 6.58 Å². The van der Waals surface area contributed by atoms with E-state index >= 15 is 0 Å².